The van der Waals surface area contributed by atoms with Crippen LogP contribution < -0.4 is 14.8 Å². The summed E-state index contributed by atoms with van der Waals surface area (Å²) in [6.07, 6.45) is -0.506. The van der Waals surface area contributed by atoms with Gasteiger partial charge in [-0.1, -0.05) is 11.2 Å². The number of aromatic nitrogens is 1. The molecule has 0 bridgehead atoms. The van der Waals surface area contributed by atoms with E-state index in [9.17, 15) is 4.79 Å². The van der Waals surface area contributed by atoms with Crippen LogP contribution in [0.15, 0.2) is 59.1 Å². The zero-order valence-corrected chi connectivity index (χ0v) is 15.1. The van der Waals surface area contributed by atoms with Gasteiger partial charge in [-0.15, -0.1) is 0 Å². The molecule has 0 unspecified atom stereocenters. The Labute approximate surface area is 156 Å². The smallest absolute Gasteiger partial charge is 0.411 e. The van der Waals surface area contributed by atoms with E-state index in [1.807, 2.05) is 30.3 Å². The van der Waals surface area contributed by atoms with E-state index < -0.39 is 6.09 Å². The molecule has 0 fully saturated rings. The summed E-state index contributed by atoms with van der Waals surface area (Å²) in [5, 5.41) is 6.69. The van der Waals surface area contributed by atoms with E-state index in [1.165, 1.54) is 0 Å². The summed E-state index contributed by atoms with van der Waals surface area (Å²) in [5.41, 5.74) is 2.22. The number of benzene rings is 2. The molecule has 140 valence electrons. The lowest BCUT2D eigenvalue weighted by Crippen LogP contribution is -2.13. The molecule has 3 aromatic rings. The van der Waals surface area contributed by atoms with Crippen molar-refractivity contribution < 1.29 is 23.5 Å². The molecule has 3 rings (SSSR count). The Bertz CT molecular complexity index is 889. The van der Waals surface area contributed by atoms with Crippen LogP contribution >= 0.6 is 0 Å². The predicted molar refractivity (Wildman–Crippen MR) is 99.9 cm³/mol. The molecule has 0 aliphatic rings. The average molecular weight is 368 g/mol. The number of anilines is 1. The highest BCUT2D eigenvalue weighted by Gasteiger charge is 2.08. The Kier molecular flexibility index (Phi) is 5.94. The van der Waals surface area contributed by atoms with Gasteiger partial charge in [0, 0.05) is 23.4 Å². The fraction of sp³-hybridized carbons (Fsp3) is 0.200. The molecule has 0 aliphatic heterocycles. The molecule has 1 heterocycles. The van der Waals surface area contributed by atoms with Gasteiger partial charge >= 0.3 is 6.09 Å². The number of nitrogens with zero attached hydrogens (tertiary/aromatic N) is 1. The zero-order valence-electron chi connectivity index (χ0n) is 15.1. The number of carbonyl (C=O) groups is 1. The van der Waals surface area contributed by atoms with Gasteiger partial charge in [-0.25, -0.2) is 4.79 Å². The third-order valence-electron chi connectivity index (χ3n) is 3.68. The third kappa shape index (κ3) is 5.01. The summed E-state index contributed by atoms with van der Waals surface area (Å²) in [6.45, 7) is 2.27. The maximum absolute atomic E-state index is 11.5. The molecule has 7 nitrogen and oxygen atoms in total. The Balaban J connectivity index is 1.60. The van der Waals surface area contributed by atoms with E-state index in [0.29, 0.717) is 29.5 Å². The van der Waals surface area contributed by atoms with E-state index in [2.05, 4.69) is 10.5 Å². The SMILES string of the molecule is CCOC(=O)Nc1cccc(OCc2cc(-c3ccc(OC)cc3)no2)c1. The number of nitrogens with one attached hydrogen (secondary N) is 1. The molecule has 1 amide bonds. The maximum atomic E-state index is 11.5. The number of ether oxygens (including phenoxy) is 3. The van der Waals surface area contributed by atoms with Gasteiger partial charge in [-0.2, -0.15) is 0 Å². The first-order valence-electron chi connectivity index (χ1n) is 8.44. The van der Waals surface area contributed by atoms with Crippen molar-refractivity contribution in [2.75, 3.05) is 19.0 Å². The van der Waals surface area contributed by atoms with Gasteiger partial charge in [-0.05, 0) is 43.3 Å². The van der Waals surface area contributed by atoms with Crippen molar-refractivity contribution in [1.29, 1.82) is 0 Å². The molecule has 2 aromatic carbocycles. The van der Waals surface area contributed by atoms with Crippen LogP contribution in [-0.2, 0) is 11.3 Å². The van der Waals surface area contributed by atoms with Crippen molar-refractivity contribution >= 4 is 11.8 Å². The highest BCUT2D eigenvalue weighted by Crippen LogP contribution is 2.23. The zero-order chi connectivity index (χ0) is 19.1. The molecule has 0 saturated carbocycles. The van der Waals surface area contributed by atoms with Gasteiger partial charge in [-0.3, -0.25) is 5.32 Å². The molecule has 0 atom stereocenters. The molecule has 7 heteroatoms. The van der Waals surface area contributed by atoms with E-state index in [-0.39, 0.29) is 6.61 Å². The second-order valence-electron chi connectivity index (χ2n) is 5.57. The Morgan fingerprint density at radius 3 is 2.67 bits per heavy atom. The van der Waals surface area contributed by atoms with Gasteiger partial charge in [0.1, 0.15) is 23.8 Å². The third-order valence-corrected chi connectivity index (χ3v) is 3.68. The van der Waals surface area contributed by atoms with Crippen molar-refractivity contribution in [3.8, 4) is 22.8 Å². The van der Waals surface area contributed by atoms with Gasteiger partial charge in [0.2, 0.25) is 0 Å². The fourth-order valence-electron chi connectivity index (χ4n) is 2.38. The fourth-order valence-corrected chi connectivity index (χ4v) is 2.38. The first-order valence-corrected chi connectivity index (χ1v) is 8.44. The summed E-state index contributed by atoms with van der Waals surface area (Å²) >= 11 is 0. The highest BCUT2D eigenvalue weighted by atomic mass is 16.5. The first-order chi connectivity index (χ1) is 13.2. The van der Waals surface area contributed by atoms with E-state index in [4.69, 9.17) is 18.7 Å². The number of hydrogen-bond acceptors (Lipinski definition) is 6. The molecule has 1 aromatic heterocycles. The summed E-state index contributed by atoms with van der Waals surface area (Å²) in [7, 11) is 1.62. The van der Waals surface area contributed by atoms with Crippen LogP contribution in [0.1, 0.15) is 12.7 Å². The van der Waals surface area contributed by atoms with E-state index in [1.54, 1.807) is 38.3 Å². The van der Waals surface area contributed by atoms with Crippen LogP contribution in [0.25, 0.3) is 11.3 Å². The highest BCUT2D eigenvalue weighted by molar-refractivity contribution is 5.84. The quantitative estimate of drug-likeness (QED) is 0.661. The molecule has 0 spiro atoms. The monoisotopic (exact) mass is 368 g/mol. The minimum absolute atomic E-state index is 0.214. The molecule has 0 radical (unpaired) electrons. The summed E-state index contributed by atoms with van der Waals surface area (Å²) in [6, 6.07) is 16.4. The van der Waals surface area contributed by atoms with Crippen molar-refractivity contribution in [1.82, 2.24) is 5.16 Å². The lowest BCUT2D eigenvalue weighted by atomic mass is 10.1. The van der Waals surface area contributed by atoms with Gasteiger partial charge < -0.3 is 18.7 Å². The molecular weight excluding hydrogens is 348 g/mol. The number of hydrogen-bond donors (Lipinski definition) is 1. The van der Waals surface area contributed by atoms with E-state index >= 15 is 0 Å². The molecular formula is C20H20N2O5. The number of carbonyl (C=O) groups excluding carboxylic acids is 1. The molecule has 27 heavy (non-hydrogen) atoms. The van der Waals surface area contributed by atoms with Gasteiger partial charge in [0.25, 0.3) is 0 Å². The largest absolute Gasteiger partial charge is 0.497 e. The van der Waals surface area contributed by atoms with Crippen LogP contribution in [0, 0.1) is 0 Å². The summed E-state index contributed by atoms with van der Waals surface area (Å²) in [4.78, 5) is 11.5. The van der Waals surface area contributed by atoms with Crippen LogP contribution in [0.4, 0.5) is 10.5 Å². The van der Waals surface area contributed by atoms with Gasteiger partial charge in [0.05, 0.1) is 13.7 Å². The van der Waals surface area contributed by atoms with Gasteiger partial charge in [0.15, 0.2) is 5.76 Å². The Hall–Kier alpha value is -3.48. The second kappa shape index (κ2) is 8.75. The van der Waals surface area contributed by atoms with Crippen LogP contribution in [0.3, 0.4) is 0 Å². The minimum atomic E-state index is -0.506. The number of rotatable bonds is 7. The topological polar surface area (TPSA) is 82.8 Å². The lowest BCUT2D eigenvalue weighted by molar-refractivity contribution is 0.168. The summed E-state index contributed by atoms with van der Waals surface area (Å²) < 4.78 is 21.0. The second-order valence-corrected chi connectivity index (χ2v) is 5.57. The number of amides is 1. The van der Waals surface area contributed by atoms with E-state index in [0.717, 1.165) is 11.3 Å². The van der Waals surface area contributed by atoms with Crippen LogP contribution in [0.5, 0.6) is 11.5 Å². The Morgan fingerprint density at radius 1 is 1.11 bits per heavy atom. The van der Waals surface area contributed by atoms with Crippen molar-refractivity contribution in [3.05, 3.63) is 60.4 Å². The lowest BCUT2D eigenvalue weighted by Gasteiger charge is -2.08. The van der Waals surface area contributed by atoms with Crippen LogP contribution in [-0.4, -0.2) is 25.0 Å². The minimum Gasteiger partial charge on any atom is -0.497 e. The first kappa shape index (κ1) is 18.3. The van der Waals surface area contributed by atoms with Crippen molar-refractivity contribution in [2.24, 2.45) is 0 Å². The van der Waals surface area contributed by atoms with Crippen molar-refractivity contribution in [3.63, 3.8) is 0 Å². The molecule has 0 saturated heterocycles. The van der Waals surface area contributed by atoms with Crippen LogP contribution in [0.2, 0.25) is 0 Å². The summed E-state index contributed by atoms with van der Waals surface area (Å²) in [5.74, 6) is 1.96. The Morgan fingerprint density at radius 2 is 1.93 bits per heavy atom. The maximum Gasteiger partial charge on any atom is 0.411 e. The molecule has 0 aliphatic carbocycles. The normalized spacial score (nSPS) is 10.3. The average Bonchev–Trinajstić information content (AvgIpc) is 3.16. The van der Waals surface area contributed by atoms with Crippen molar-refractivity contribution in [2.45, 2.75) is 13.5 Å². The number of methoxy groups -OCH3 is 1. The standard InChI is InChI=1S/C20H20N2O5/c1-3-25-20(23)21-15-5-4-6-17(11-15)26-13-18-12-19(22-27-18)14-7-9-16(24-2)10-8-14/h4-12H,3,13H2,1-2H3,(H,21,23). The molecule has 1 N–H and O–H groups in total. The predicted octanol–water partition coefficient (Wildman–Crippen LogP) is 4.50.